The molecule has 1 N–H and O–H groups in total. The molecule has 7 nitrogen and oxygen atoms in total. The number of fused-ring (bicyclic) bond motifs is 1. The van der Waals surface area contributed by atoms with Gasteiger partial charge in [0.2, 0.25) is 0 Å². The molecule has 1 aromatic heterocycles. The Morgan fingerprint density at radius 1 is 0.971 bits per heavy atom. The molecule has 7 heteroatoms. The number of carbonyl (C=O) groups is 2. The number of hydrogen-bond acceptors (Lipinski definition) is 6. The van der Waals surface area contributed by atoms with Crippen molar-refractivity contribution >= 4 is 23.3 Å². The Kier molecular flexibility index (Phi) is 5.97. The molecule has 0 saturated heterocycles. The second-order valence-electron chi connectivity index (χ2n) is 7.97. The van der Waals surface area contributed by atoms with Gasteiger partial charge in [-0.1, -0.05) is 24.3 Å². The Balaban J connectivity index is 1.49. The van der Waals surface area contributed by atoms with E-state index >= 15 is 0 Å². The zero-order valence-electron chi connectivity index (χ0n) is 19.4. The predicted octanol–water partition coefficient (Wildman–Crippen LogP) is 5.90. The summed E-state index contributed by atoms with van der Waals surface area (Å²) in [4.78, 5) is 27.2. The maximum absolute atomic E-state index is 13.6. The molecule has 2 heterocycles. The summed E-state index contributed by atoms with van der Waals surface area (Å²) in [6.45, 7) is 2.09. The van der Waals surface area contributed by atoms with Crippen molar-refractivity contribution in [3.63, 3.8) is 0 Å². The summed E-state index contributed by atoms with van der Waals surface area (Å²) in [6, 6.07) is 25.5. The van der Waals surface area contributed by atoms with Crippen LogP contribution in [0.3, 0.4) is 0 Å². The Hall–Kier alpha value is -4.52. The number of ether oxygens (including phenoxy) is 2. The fraction of sp³-hybridized carbons (Fsp3) is 0.143. The Labute approximate surface area is 202 Å². The van der Waals surface area contributed by atoms with E-state index in [1.807, 2.05) is 66.7 Å². The molecule has 35 heavy (non-hydrogen) atoms. The lowest BCUT2D eigenvalue weighted by Crippen LogP contribution is -2.43. The third kappa shape index (κ3) is 4.24. The minimum Gasteiger partial charge on any atom is -0.497 e. The van der Waals surface area contributed by atoms with Crippen LogP contribution in [-0.2, 0) is 4.74 Å². The van der Waals surface area contributed by atoms with Crippen LogP contribution in [0.5, 0.6) is 5.75 Å². The number of benzene rings is 3. The summed E-state index contributed by atoms with van der Waals surface area (Å²) in [6.07, 6.45) is -0.557. The number of rotatable bonds is 6. The standard InChI is InChI=1S/C28H24N2O5/c1-3-34-28(32)19-10-8-18(9-11-19)24-16-17-25(35-24)26-29-23-7-5-4-6-22(23)27(31)30(26)20-12-14-21(33-2)15-13-20/h4-17,26,29H,3H2,1-2H3/t26-/m0/s1. The number of anilines is 2. The minimum atomic E-state index is -0.557. The van der Waals surface area contributed by atoms with Gasteiger partial charge in [-0.05, 0) is 67.6 Å². The SMILES string of the molecule is CCOC(=O)c1ccc(-c2ccc([C@H]3Nc4ccccc4C(=O)N3c3ccc(OC)cc3)o2)cc1. The lowest BCUT2D eigenvalue weighted by molar-refractivity contribution is 0.0526. The van der Waals surface area contributed by atoms with E-state index in [1.54, 1.807) is 37.1 Å². The maximum Gasteiger partial charge on any atom is 0.338 e. The van der Waals surface area contributed by atoms with Gasteiger partial charge in [-0.15, -0.1) is 0 Å². The highest BCUT2D eigenvalue weighted by Gasteiger charge is 2.35. The summed E-state index contributed by atoms with van der Waals surface area (Å²) in [7, 11) is 1.60. The van der Waals surface area contributed by atoms with E-state index in [-0.39, 0.29) is 11.9 Å². The molecule has 0 radical (unpaired) electrons. The second kappa shape index (κ2) is 9.38. The molecule has 0 spiro atoms. The molecule has 0 saturated carbocycles. The molecule has 0 bridgehead atoms. The number of nitrogens with one attached hydrogen (secondary N) is 1. The van der Waals surface area contributed by atoms with Crippen LogP contribution in [-0.4, -0.2) is 25.6 Å². The molecule has 1 aliphatic heterocycles. The molecule has 4 aromatic rings. The van der Waals surface area contributed by atoms with Gasteiger partial charge in [0.05, 0.1) is 24.8 Å². The van der Waals surface area contributed by atoms with Crippen LogP contribution in [0.25, 0.3) is 11.3 Å². The summed E-state index contributed by atoms with van der Waals surface area (Å²) in [5.74, 6) is 1.41. The van der Waals surface area contributed by atoms with Crippen LogP contribution in [0.4, 0.5) is 11.4 Å². The van der Waals surface area contributed by atoms with Crippen molar-refractivity contribution in [1.29, 1.82) is 0 Å². The van der Waals surface area contributed by atoms with E-state index in [9.17, 15) is 9.59 Å². The molecule has 3 aromatic carbocycles. The van der Waals surface area contributed by atoms with E-state index in [1.165, 1.54) is 0 Å². The lowest BCUT2D eigenvalue weighted by atomic mass is 10.1. The van der Waals surface area contributed by atoms with E-state index in [2.05, 4.69) is 5.32 Å². The van der Waals surface area contributed by atoms with Crippen LogP contribution in [0, 0.1) is 0 Å². The molecule has 1 amide bonds. The van der Waals surface area contributed by atoms with Gasteiger partial charge in [0, 0.05) is 16.9 Å². The fourth-order valence-corrected chi connectivity index (χ4v) is 4.10. The highest BCUT2D eigenvalue weighted by molar-refractivity contribution is 6.12. The van der Waals surface area contributed by atoms with Crippen molar-refractivity contribution < 1.29 is 23.5 Å². The molecular weight excluding hydrogens is 444 g/mol. The maximum atomic E-state index is 13.6. The van der Waals surface area contributed by atoms with Crippen LogP contribution in [0.2, 0.25) is 0 Å². The van der Waals surface area contributed by atoms with Gasteiger partial charge in [0.1, 0.15) is 17.3 Å². The Bertz CT molecular complexity index is 1360. The lowest BCUT2D eigenvalue weighted by Gasteiger charge is -2.36. The second-order valence-corrected chi connectivity index (χ2v) is 7.97. The third-order valence-electron chi connectivity index (χ3n) is 5.85. The summed E-state index contributed by atoms with van der Waals surface area (Å²) >= 11 is 0. The first kappa shape index (κ1) is 22.3. The monoisotopic (exact) mass is 468 g/mol. The summed E-state index contributed by atoms with van der Waals surface area (Å²) in [5.41, 5.74) is 3.32. The number of methoxy groups -OCH3 is 1. The van der Waals surface area contributed by atoms with Gasteiger partial charge in [0.25, 0.3) is 5.91 Å². The smallest absolute Gasteiger partial charge is 0.338 e. The number of carbonyl (C=O) groups excluding carboxylic acids is 2. The van der Waals surface area contributed by atoms with Gasteiger partial charge in [-0.2, -0.15) is 0 Å². The molecule has 0 aliphatic carbocycles. The average Bonchev–Trinajstić information content (AvgIpc) is 3.39. The summed E-state index contributed by atoms with van der Waals surface area (Å²) < 4.78 is 16.5. The molecule has 176 valence electrons. The van der Waals surface area contributed by atoms with Gasteiger partial charge in [0.15, 0.2) is 6.17 Å². The van der Waals surface area contributed by atoms with Gasteiger partial charge in [-0.3, -0.25) is 9.69 Å². The molecule has 0 unspecified atom stereocenters. The van der Waals surface area contributed by atoms with Gasteiger partial charge >= 0.3 is 5.97 Å². The number of nitrogens with zero attached hydrogens (tertiary/aromatic N) is 1. The first-order valence-electron chi connectivity index (χ1n) is 11.3. The fourth-order valence-electron chi connectivity index (χ4n) is 4.10. The van der Waals surface area contributed by atoms with Crippen molar-refractivity contribution in [3.8, 4) is 17.1 Å². The van der Waals surface area contributed by atoms with Crippen molar-refractivity contribution in [2.75, 3.05) is 23.9 Å². The van der Waals surface area contributed by atoms with Gasteiger partial charge < -0.3 is 19.2 Å². The van der Waals surface area contributed by atoms with E-state index in [0.717, 1.165) is 11.3 Å². The largest absolute Gasteiger partial charge is 0.497 e. The topological polar surface area (TPSA) is 81.0 Å². The third-order valence-corrected chi connectivity index (χ3v) is 5.85. The van der Waals surface area contributed by atoms with Crippen molar-refractivity contribution in [1.82, 2.24) is 0 Å². The highest BCUT2D eigenvalue weighted by atomic mass is 16.5. The highest BCUT2D eigenvalue weighted by Crippen LogP contribution is 2.38. The van der Waals surface area contributed by atoms with Gasteiger partial charge in [-0.25, -0.2) is 4.79 Å². The Morgan fingerprint density at radius 3 is 2.43 bits per heavy atom. The number of esters is 1. The first-order chi connectivity index (χ1) is 17.1. The zero-order chi connectivity index (χ0) is 24.4. The van der Waals surface area contributed by atoms with Crippen molar-refractivity contribution in [2.24, 2.45) is 0 Å². The average molecular weight is 469 g/mol. The molecule has 5 rings (SSSR count). The van der Waals surface area contributed by atoms with Crippen LogP contribution < -0.4 is 15.0 Å². The van der Waals surface area contributed by atoms with E-state index < -0.39 is 6.17 Å². The molecule has 1 aliphatic rings. The number of furan rings is 1. The van der Waals surface area contributed by atoms with E-state index in [0.29, 0.717) is 40.7 Å². The van der Waals surface area contributed by atoms with Crippen molar-refractivity contribution in [3.05, 3.63) is 102 Å². The number of hydrogen-bond donors (Lipinski definition) is 1. The molecule has 0 fully saturated rings. The quantitative estimate of drug-likeness (QED) is 0.355. The normalized spacial score (nSPS) is 14.7. The van der Waals surface area contributed by atoms with Crippen LogP contribution in [0.15, 0.2) is 89.3 Å². The van der Waals surface area contributed by atoms with Crippen LogP contribution in [0.1, 0.15) is 39.6 Å². The predicted molar refractivity (Wildman–Crippen MR) is 133 cm³/mol. The number of para-hydroxylation sites is 1. The zero-order valence-corrected chi connectivity index (χ0v) is 19.4. The molecule has 1 atom stereocenters. The first-order valence-corrected chi connectivity index (χ1v) is 11.3. The minimum absolute atomic E-state index is 0.133. The van der Waals surface area contributed by atoms with E-state index in [4.69, 9.17) is 13.9 Å². The summed E-state index contributed by atoms with van der Waals surface area (Å²) in [5, 5.41) is 3.44. The number of amides is 1. The Morgan fingerprint density at radius 2 is 1.71 bits per heavy atom. The van der Waals surface area contributed by atoms with Crippen molar-refractivity contribution in [2.45, 2.75) is 13.1 Å². The molecular formula is C28H24N2O5. The van der Waals surface area contributed by atoms with Crippen LogP contribution >= 0.6 is 0 Å².